The van der Waals surface area contributed by atoms with Gasteiger partial charge in [-0.15, -0.1) is 0 Å². The van der Waals surface area contributed by atoms with Crippen molar-refractivity contribution in [1.82, 2.24) is 0 Å². The molecule has 0 aliphatic rings. The lowest BCUT2D eigenvalue weighted by Gasteiger charge is -2.13. The molecule has 7 heteroatoms. The molecule has 2 aromatic rings. The van der Waals surface area contributed by atoms with E-state index in [0.717, 1.165) is 0 Å². The molecular weight excluding hydrogens is 271 g/mol. The number of carbonyl (C=O) groups is 1. The number of nitrogens with one attached hydrogen (secondary N) is 1. The average molecular weight is 281 g/mol. The minimum Gasteiger partial charge on any atom is -0.397 e. The molecule has 0 saturated carbocycles. The highest BCUT2D eigenvalue weighted by atomic mass is 19.2. The number of nitrogens with two attached hydrogens (primary N) is 2. The molecule has 0 aliphatic carbocycles. The second-order valence-corrected chi connectivity index (χ2v) is 4.01. The van der Waals surface area contributed by atoms with Gasteiger partial charge >= 0.3 is 0 Å². The molecule has 0 aliphatic heterocycles. The van der Waals surface area contributed by atoms with Gasteiger partial charge in [0.05, 0.1) is 22.6 Å². The van der Waals surface area contributed by atoms with E-state index in [1.54, 1.807) is 0 Å². The molecule has 0 radical (unpaired) electrons. The monoisotopic (exact) mass is 281 g/mol. The fourth-order valence-electron chi connectivity index (χ4n) is 1.67. The van der Waals surface area contributed by atoms with Crippen LogP contribution in [0, 0.1) is 17.5 Å². The first-order valence-corrected chi connectivity index (χ1v) is 5.50. The topological polar surface area (TPSA) is 81.1 Å². The van der Waals surface area contributed by atoms with E-state index in [4.69, 9.17) is 11.5 Å². The largest absolute Gasteiger partial charge is 0.397 e. The molecule has 20 heavy (non-hydrogen) atoms. The van der Waals surface area contributed by atoms with E-state index in [9.17, 15) is 18.0 Å². The van der Waals surface area contributed by atoms with Gasteiger partial charge < -0.3 is 16.8 Å². The highest BCUT2D eigenvalue weighted by Crippen LogP contribution is 2.29. The number of primary amides is 1. The summed E-state index contributed by atoms with van der Waals surface area (Å²) in [5.74, 6) is -4.36. The van der Waals surface area contributed by atoms with Crippen molar-refractivity contribution in [1.29, 1.82) is 0 Å². The van der Waals surface area contributed by atoms with Gasteiger partial charge in [0.25, 0.3) is 5.91 Å². The number of carbonyl (C=O) groups excluding carboxylic acids is 1. The first-order chi connectivity index (χ1) is 9.40. The van der Waals surface area contributed by atoms with E-state index >= 15 is 0 Å². The maximum Gasteiger partial charge on any atom is 0.250 e. The van der Waals surface area contributed by atoms with E-state index in [1.165, 1.54) is 18.2 Å². The summed E-state index contributed by atoms with van der Waals surface area (Å²) in [6.45, 7) is 0. The zero-order valence-corrected chi connectivity index (χ0v) is 10.1. The van der Waals surface area contributed by atoms with Crippen molar-refractivity contribution >= 4 is 23.0 Å². The molecule has 0 unspecified atom stereocenters. The van der Waals surface area contributed by atoms with Gasteiger partial charge in [-0.25, -0.2) is 13.2 Å². The number of nitrogen functional groups attached to an aromatic ring is 1. The summed E-state index contributed by atoms with van der Waals surface area (Å²) < 4.78 is 39.5. The van der Waals surface area contributed by atoms with Gasteiger partial charge in [-0.1, -0.05) is 6.07 Å². The predicted octanol–water partition coefficient (Wildman–Crippen LogP) is 2.53. The summed E-state index contributed by atoms with van der Waals surface area (Å²) in [7, 11) is 0. The van der Waals surface area contributed by atoms with Gasteiger partial charge in [0.1, 0.15) is 5.82 Å². The summed E-state index contributed by atoms with van der Waals surface area (Å²) in [5, 5.41) is 2.45. The van der Waals surface area contributed by atoms with Crippen molar-refractivity contribution < 1.29 is 18.0 Å². The number of halogens is 3. The number of anilines is 3. The van der Waals surface area contributed by atoms with Crippen molar-refractivity contribution in [2.24, 2.45) is 5.73 Å². The van der Waals surface area contributed by atoms with E-state index in [2.05, 4.69) is 5.32 Å². The molecule has 2 aromatic carbocycles. The smallest absolute Gasteiger partial charge is 0.250 e. The van der Waals surface area contributed by atoms with Crippen LogP contribution in [0.2, 0.25) is 0 Å². The van der Waals surface area contributed by atoms with Crippen molar-refractivity contribution in [3.8, 4) is 0 Å². The summed E-state index contributed by atoms with van der Waals surface area (Å²) in [5.41, 5.74) is 10.6. The van der Waals surface area contributed by atoms with Crippen LogP contribution in [0.4, 0.5) is 30.2 Å². The highest BCUT2D eigenvalue weighted by Gasteiger charge is 2.15. The number of benzene rings is 2. The van der Waals surface area contributed by atoms with E-state index in [0.29, 0.717) is 12.1 Å². The van der Waals surface area contributed by atoms with Crippen molar-refractivity contribution in [3.63, 3.8) is 0 Å². The Morgan fingerprint density at radius 1 is 1.05 bits per heavy atom. The normalized spacial score (nSPS) is 10.3. The Hall–Kier alpha value is -2.70. The molecule has 0 heterocycles. The zero-order chi connectivity index (χ0) is 14.9. The van der Waals surface area contributed by atoms with Crippen LogP contribution in [0.15, 0.2) is 30.3 Å². The molecule has 5 N–H and O–H groups in total. The van der Waals surface area contributed by atoms with Crippen LogP contribution in [0.3, 0.4) is 0 Å². The third-order valence-electron chi connectivity index (χ3n) is 2.63. The van der Waals surface area contributed by atoms with Crippen LogP contribution in [-0.4, -0.2) is 5.91 Å². The van der Waals surface area contributed by atoms with Crippen molar-refractivity contribution in [2.75, 3.05) is 11.1 Å². The minimum absolute atomic E-state index is 0.00846. The summed E-state index contributed by atoms with van der Waals surface area (Å²) in [4.78, 5) is 11.3. The highest BCUT2D eigenvalue weighted by molar-refractivity contribution is 6.02. The molecule has 1 amide bonds. The SMILES string of the molecule is NC(=O)c1cccc(N)c1Nc1cc(F)c(F)cc1F. The van der Waals surface area contributed by atoms with Crippen LogP contribution in [-0.2, 0) is 0 Å². The minimum atomic E-state index is -1.32. The first kappa shape index (κ1) is 13.7. The molecule has 0 spiro atoms. The number of amides is 1. The maximum atomic E-state index is 13.6. The molecule has 0 fully saturated rings. The fourth-order valence-corrected chi connectivity index (χ4v) is 1.67. The zero-order valence-electron chi connectivity index (χ0n) is 10.1. The van der Waals surface area contributed by atoms with Crippen LogP contribution >= 0.6 is 0 Å². The quantitative estimate of drug-likeness (QED) is 0.597. The van der Waals surface area contributed by atoms with Gasteiger partial charge in [-0.3, -0.25) is 4.79 Å². The number of hydrogen-bond donors (Lipinski definition) is 3. The van der Waals surface area contributed by atoms with Crippen LogP contribution in [0.25, 0.3) is 0 Å². The Bertz CT molecular complexity index is 689. The maximum absolute atomic E-state index is 13.6. The lowest BCUT2D eigenvalue weighted by atomic mass is 10.1. The van der Waals surface area contributed by atoms with Gasteiger partial charge in [0.2, 0.25) is 0 Å². The molecule has 0 atom stereocenters. The molecule has 104 valence electrons. The third kappa shape index (κ3) is 2.51. The van der Waals surface area contributed by atoms with Crippen LogP contribution < -0.4 is 16.8 Å². The van der Waals surface area contributed by atoms with Crippen molar-refractivity contribution in [3.05, 3.63) is 53.3 Å². The number of hydrogen-bond acceptors (Lipinski definition) is 3. The molecule has 4 nitrogen and oxygen atoms in total. The molecular formula is C13H10F3N3O. The fraction of sp³-hybridized carbons (Fsp3) is 0. The van der Waals surface area contributed by atoms with Crippen molar-refractivity contribution in [2.45, 2.75) is 0 Å². The lowest BCUT2D eigenvalue weighted by molar-refractivity contribution is 0.100. The van der Waals surface area contributed by atoms with Gasteiger partial charge in [0.15, 0.2) is 11.6 Å². The van der Waals surface area contributed by atoms with Gasteiger partial charge in [0, 0.05) is 12.1 Å². The summed E-state index contributed by atoms with van der Waals surface area (Å²) in [6.07, 6.45) is 0. The Morgan fingerprint density at radius 3 is 2.35 bits per heavy atom. The molecule has 0 bridgehead atoms. The Morgan fingerprint density at radius 2 is 1.70 bits per heavy atom. The lowest BCUT2D eigenvalue weighted by Crippen LogP contribution is -2.14. The molecule has 2 rings (SSSR count). The number of para-hydroxylation sites is 1. The summed E-state index contributed by atoms with van der Waals surface area (Å²) in [6, 6.07) is 5.33. The molecule has 0 saturated heterocycles. The van der Waals surface area contributed by atoms with Gasteiger partial charge in [-0.2, -0.15) is 0 Å². The summed E-state index contributed by atoms with van der Waals surface area (Å²) >= 11 is 0. The third-order valence-corrected chi connectivity index (χ3v) is 2.63. The second kappa shape index (κ2) is 5.12. The van der Waals surface area contributed by atoms with Gasteiger partial charge in [-0.05, 0) is 12.1 Å². The molecule has 0 aromatic heterocycles. The van der Waals surface area contributed by atoms with E-state index < -0.39 is 23.4 Å². The van der Waals surface area contributed by atoms with Crippen LogP contribution in [0.1, 0.15) is 10.4 Å². The standard InChI is InChI=1S/C13H10F3N3O/c14-7-4-9(16)11(5-8(7)15)19-12-6(13(18)20)2-1-3-10(12)17/h1-5,19H,17H2,(H2,18,20). The predicted molar refractivity (Wildman–Crippen MR) is 69.0 cm³/mol. The van der Waals surface area contributed by atoms with Crippen LogP contribution in [0.5, 0.6) is 0 Å². The second-order valence-electron chi connectivity index (χ2n) is 4.01. The Kier molecular flexibility index (Phi) is 3.51. The van der Waals surface area contributed by atoms with E-state index in [1.807, 2.05) is 0 Å². The first-order valence-electron chi connectivity index (χ1n) is 5.50. The Labute approximate surface area is 112 Å². The number of rotatable bonds is 3. The van der Waals surface area contributed by atoms with E-state index in [-0.39, 0.29) is 22.6 Å². The Balaban J connectivity index is 2.50. The average Bonchev–Trinajstić information content (AvgIpc) is 2.37.